The molecular weight excluding hydrogens is 283 g/mol. The van der Waals surface area contributed by atoms with Gasteiger partial charge >= 0.3 is 0 Å². The number of rotatable bonds is 3. The van der Waals surface area contributed by atoms with Crippen molar-refractivity contribution in [2.75, 3.05) is 0 Å². The van der Waals surface area contributed by atoms with Crippen molar-refractivity contribution in [3.05, 3.63) is 57.6 Å². The van der Waals surface area contributed by atoms with E-state index in [2.05, 4.69) is 0 Å². The maximum atomic E-state index is 7.57. The van der Waals surface area contributed by atoms with Gasteiger partial charge in [0.2, 0.25) is 0 Å². The molecule has 3 N–H and O–H groups in total. The summed E-state index contributed by atoms with van der Waals surface area (Å²) in [5.74, 6) is 0.995. The van der Waals surface area contributed by atoms with Crippen LogP contribution in [0.1, 0.15) is 11.1 Å². The first-order chi connectivity index (χ1) is 8.97. The molecule has 0 spiro atoms. The summed E-state index contributed by atoms with van der Waals surface area (Å²) >= 11 is 11.9. The summed E-state index contributed by atoms with van der Waals surface area (Å²) < 4.78 is 5.77. The number of benzene rings is 2. The van der Waals surface area contributed by atoms with Crippen LogP contribution in [0.5, 0.6) is 11.5 Å². The molecule has 98 valence electrons. The third kappa shape index (κ3) is 3.19. The molecule has 0 amide bonds. The maximum Gasteiger partial charge on any atom is 0.141 e. The summed E-state index contributed by atoms with van der Waals surface area (Å²) in [6.45, 7) is 1.88. The van der Waals surface area contributed by atoms with Gasteiger partial charge in [-0.3, -0.25) is 5.41 Å². The second-order valence-electron chi connectivity index (χ2n) is 4.07. The number of nitrogens with one attached hydrogen (secondary N) is 1. The highest BCUT2D eigenvalue weighted by molar-refractivity contribution is 6.34. The zero-order valence-corrected chi connectivity index (χ0v) is 11.7. The molecule has 0 fully saturated rings. The Morgan fingerprint density at radius 2 is 1.79 bits per heavy atom. The van der Waals surface area contributed by atoms with E-state index in [9.17, 15) is 0 Å². The lowest BCUT2D eigenvalue weighted by atomic mass is 10.1. The Morgan fingerprint density at radius 3 is 2.37 bits per heavy atom. The van der Waals surface area contributed by atoms with Crippen LogP contribution in [-0.4, -0.2) is 5.84 Å². The lowest BCUT2D eigenvalue weighted by molar-refractivity contribution is 0.478. The molecule has 3 nitrogen and oxygen atoms in total. The van der Waals surface area contributed by atoms with Crippen molar-refractivity contribution in [3.8, 4) is 11.5 Å². The maximum absolute atomic E-state index is 7.57. The topological polar surface area (TPSA) is 59.1 Å². The zero-order valence-electron chi connectivity index (χ0n) is 10.2. The Labute approximate surface area is 121 Å². The molecular formula is C14H12Cl2N2O. The number of hydrogen-bond acceptors (Lipinski definition) is 2. The number of hydrogen-bond donors (Lipinski definition) is 2. The molecule has 0 aliphatic rings. The molecule has 0 radical (unpaired) electrons. The molecule has 19 heavy (non-hydrogen) atoms. The molecule has 0 aliphatic carbocycles. The van der Waals surface area contributed by atoms with E-state index < -0.39 is 0 Å². The van der Waals surface area contributed by atoms with Crippen LogP contribution in [0.2, 0.25) is 10.0 Å². The molecule has 0 heterocycles. The van der Waals surface area contributed by atoms with Crippen molar-refractivity contribution in [1.29, 1.82) is 5.41 Å². The van der Waals surface area contributed by atoms with E-state index in [0.29, 0.717) is 27.1 Å². The minimum Gasteiger partial charge on any atom is -0.456 e. The van der Waals surface area contributed by atoms with Crippen LogP contribution in [0.4, 0.5) is 0 Å². The van der Waals surface area contributed by atoms with E-state index in [1.165, 1.54) is 0 Å². The van der Waals surface area contributed by atoms with Crippen molar-refractivity contribution in [1.82, 2.24) is 0 Å². The Balaban J connectivity index is 2.45. The van der Waals surface area contributed by atoms with Crippen LogP contribution in [0.25, 0.3) is 0 Å². The number of nitrogens with two attached hydrogens (primary N) is 1. The molecule has 0 saturated carbocycles. The van der Waals surface area contributed by atoms with E-state index in [1.807, 2.05) is 19.1 Å². The summed E-state index contributed by atoms with van der Waals surface area (Å²) in [6, 6.07) is 10.4. The number of ether oxygens (including phenoxy) is 1. The summed E-state index contributed by atoms with van der Waals surface area (Å²) in [7, 11) is 0. The second kappa shape index (κ2) is 5.51. The number of aryl methyl sites for hydroxylation is 1. The van der Waals surface area contributed by atoms with E-state index in [-0.39, 0.29) is 5.84 Å². The molecule has 0 bridgehead atoms. The van der Waals surface area contributed by atoms with Crippen molar-refractivity contribution < 1.29 is 4.74 Å². The van der Waals surface area contributed by atoms with Crippen LogP contribution >= 0.6 is 23.2 Å². The molecule has 0 unspecified atom stereocenters. The number of nitrogen functional groups attached to an aromatic ring is 1. The van der Waals surface area contributed by atoms with Crippen molar-refractivity contribution in [2.45, 2.75) is 6.92 Å². The standard InChI is InChI=1S/C14H12Cl2N2O/c1-8-3-2-4-12(14(17)18)13(8)19-11-6-9(15)5-10(16)7-11/h2-7H,1H3,(H3,17,18). The minimum absolute atomic E-state index is 0.0492. The van der Waals surface area contributed by atoms with Crippen LogP contribution in [0, 0.1) is 12.3 Å². The van der Waals surface area contributed by atoms with Gasteiger partial charge in [-0.25, -0.2) is 0 Å². The highest BCUT2D eigenvalue weighted by atomic mass is 35.5. The monoisotopic (exact) mass is 294 g/mol. The van der Waals surface area contributed by atoms with Gasteiger partial charge < -0.3 is 10.5 Å². The number of para-hydroxylation sites is 1. The molecule has 0 aliphatic heterocycles. The molecule has 2 rings (SSSR count). The zero-order chi connectivity index (χ0) is 14.0. The first-order valence-electron chi connectivity index (χ1n) is 5.55. The summed E-state index contributed by atoms with van der Waals surface area (Å²) in [5, 5.41) is 8.54. The Hall–Kier alpha value is -1.71. The van der Waals surface area contributed by atoms with Crippen LogP contribution in [-0.2, 0) is 0 Å². The smallest absolute Gasteiger partial charge is 0.141 e. The third-order valence-electron chi connectivity index (χ3n) is 2.56. The lowest BCUT2D eigenvalue weighted by Crippen LogP contribution is -2.12. The normalized spacial score (nSPS) is 10.3. The van der Waals surface area contributed by atoms with Gasteiger partial charge in [0.05, 0.1) is 5.56 Å². The van der Waals surface area contributed by atoms with Crippen molar-refractivity contribution in [3.63, 3.8) is 0 Å². The molecule has 0 atom stereocenters. The number of amidine groups is 1. The van der Waals surface area contributed by atoms with Crippen LogP contribution in [0.15, 0.2) is 36.4 Å². The Bertz CT molecular complexity index is 621. The van der Waals surface area contributed by atoms with Gasteiger partial charge in [0.25, 0.3) is 0 Å². The quantitative estimate of drug-likeness (QED) is 0.652. The van der Waals surface area contributed by atoms with Crippen LogP contribution in [0.3, 0.4) is 0 Å². The average molecular weight is 295 g/mol. The van der Waals surface area contributed by atoms with Gasteiger partial charge in [0.1, 0.15) is 17.3 Å². The Kier molecular flexibility index (Phi) is 3.98. The first-order valence-corrected chi connectivity index (χ1v) is 6.31. The van der Waals surface area contributed by atoms with Crippen molar-refractivity contribution in [2.24, 2.45) is 5.73 Å². The number of halogens is 2. The largest absolute Gasteiger partial charge is 0.456 e. The van der Waals surface area contributed by atoms with Gasteiger partial charge in [-0.15, -0.1) is 0 Å². The molecule has 0 saturated heterocycles. The second-order valence-corrected chi connectivity index (χ2v) is 4.95. The predicted octanol–water partition coefficient (Wildman–Crippen LogP) is 4.38. The summed E-state index contributed by atoms with van der Waals surface area (Å²) in [4.78, 5) is 0. The molecule has 0 aromatic heterocycles. The van der Waals surface area contributed by atoms with E-state index in [1.54, 1.807) is 24.3 Å². The van der Waals surface area contributed by atoms with Crippen LogP contribution < -0.4 is 10.5 Å². The summed E-state index contributed by atoms with van der Waals surface area (Å²) in [5.41, 5.74) is 6.96. The lowest BCUT2D eigenvalue weighted by Gasteiger charge is -2.13. The summed E-state index contributed by atoms with van der Waals surface area (Å²) in [6.07, 6.45) is 0. The molecule has 2 aromatic rings. The van der Waals surface area contributed by atoms with Gasteiger partial charge in [-0.05, 0) is 36.8 Å². The van der Waals surface area contributed by atoms with E-state index in [0.717, 1.165) is 5.56 Å². The Morgan fingerprint density at radius 1 is 1.16 bits per heavy atom. The minimum atomic E-state index is -0.0492. The highest BCUT2D eigenvalue weighted by Gasteiger charge is 2.11. The van der Waals surface area contributed by atoms with Gasteiger partial charge in [0.15, 0.2) is 0 Å². The van der Waals surface area contributed by atoms with E-state index >= 15 is 0 Å². The van der Waals surface area contributed by atoms with Gasteiger partial charge in [0, 0.05) is 10.0 Å². The first kappa shape index (κ1) is 13.7. The fourth-order valence-electron chi connectivity index (χ4n) is 1.71. The predicted molar refractivity (Wildman–Crippen MR) is 78.7 cm³/mol. The van der Waals surface area contributed by atoms with Crippen molar-refractivity contribution >= 4 is 29.0 Å². The average Bonchev–Trinajstić information content (AvgIpc) is 2.30. The van der Waals surface area contributed by atoms with Gasteiger partial charge in [-0.2, -0.15) is 0 Å². The SMILES string of the molecule is Cc1cccc(C(=N)N)c1Oc1cc(Cl)cc(Cl)c1. The highest BCUT2D eigenvalue weighted by Crippen LogP contribution is 2.32. The fourth-order valence-corrected chi connectivity index (χ4v) is 2.21. The molecule has 2 aromatic carbocycles. The van der Waals surface area contributed by atoms with E-state index in [4.69, 9.17) is 39.1 Å². The van der Waals surface area contributed by atoms with Gasteiger partial charge in [-0.1, -0.05) is 35.3 Å². The fraction of sp³-hybridized carbons (Fsp3) is 0.0714. The molecule has 5 heteroatoms. The third-order valence-corrected chi connectivity index (χ3v) is 2.99.